The van der Waals surface area contributed by atoms with Crippen LogP contribution in [0.5, 0.6) is 0 Å². The predicted molar refractivity (Wildman–Crippen MR) is 160 cm³/mol. The summed E-state index contributed by atoms with van der Waals surface area (Å²) in [7, 11) is 0. The van der Waals surface area contributed by atoms with Gasteiger partial charge in [0.1, 0.15) is 0 Å². The van der Waals surface area contributed by atoms with Crippen molar-refractivity contribution in [3.63, 3.8) is 0 Å². The summed E-state index contributed by atoms with van der Waals surface area (Å²) in [5.41, 5.74) is 17.5. The van der Waals surface area contributed by atoms with E-state index < -0.39 is 0 Å². The molecule has 0 fully saturated rings. The van der Waals surface area contributed by atoms with E-state index in [0.29, 0.717) is 5.92 Å². The lowest BCUT2D eigenvalue weighted by Gasteiger charge is -2.43. The van der Waals surface area contributed by atoms with Crippen LogP contribution in [0.25, 0.3) is 0 Å². The van der Waals surface area contributed by atoms with Gasteiger partial charge in [0, 0.05) is 5.41 Å². The number of benzene rings is 3. The van der Waals surface area contributed by atoms with E-state index in [1.165, 1.54) is 86.9 Å². The van der Waals surface area contributed by atoms with E-state index in [4.69, 9.17) is 0 Å². The Balaban J connectivity index is 2.35. The zero-order valence-electron chi connectivity index (χ0n) is 25.1. The third-order valence-corrected chi connectivity index (χ3v) is 9.34. The highest BCUT2D eigenvalue weighted by molar-refractivity contribution is 5.47. The summed E-state index contributed by atoms with van der Waals surface area (Å²) in [5, 5.41) is 0. The lowest BCUT2D eigenvalue weighted by atomic mass is 9.60. The number of rotatable bonds is 9. The van der Waals surface area contributed by atoms with Gasteiger partial charge in [-0.05, 0) is 154 Å². The number of hydrogen-bond donors (Lipinski definition) is 0. The first kappa shape index (κ1) is 28.2. The molecule has 0 bridgehead atoms. The first-order valence-corrected chi connectivity index (χ1v) is 14.2. The molecule has 0 N–H and O–H groups in total. The van der Waals surface area contributed by atoms with Gasteiger partial charge >= 0.3 is 0 Å². The highest BCUT2D eigenvalue weighted by atomic mass is 14.4. The molecule has 0 aliphatic heterocycles. The van der Waals surface area contributed by atoms with Crippen LogP contribution in [0.2, 0.25) is 0 Å². The smallest absolute Gasteiger partial charge is 0.00248 e. The van der Waals surface area contributed by atoms with E-state index in [-0.39, 0.29) is 5.41 Å². The lowest BCUT2D eigenvalue weighted by Crippen LogP contribution is -2.36. The SMILES string of the molecule is CCCC(CCC)(c1cc(C)c(C)c(C)c1)C(Cc1cc(C)c(C)c(C)c1)c1cc(C)c(C)c(C)c1. The average molecular weight is 483 g/mol. The van der Waals surface area contributed by atoms with Crippen LogP contribution in [0.15, 0.2) is 36.4 Å². The minimum absolute atomic E-state index is 0.105. The number of hydrogen-bond acceptors (Lipinski definition) is 0. The lowest BCUT2D eigenvalue weighted by molar-refractivity contribution is 0.285. The quantitative estimate of drug-likeness (QED) is 0.284. The summed E-state index contributed by atoms with van der Waals surface area (Å²) >= 11 is 0. The molecule has 36 heavy (non-hydrogen) atoms. The Kier molecular flexibility index (Phi) is 8.92. The molecule has 0 heteroatoms. The second-order valence-corrected chi connectivity index (χ2v) is 11.8. The van der Waals surface area contributed by atoms with E-state index in [0.717, 1.165) is 6.42 Å². The molecule has 0 saturated heterocycles. The standard InChI is InChI=1S/C36H50/c1-12-14-36(15-13-2,34-20-27(7)31(11)28(8)21-34)35(33-18-25(5)30(10)26(6)19-33)22-32-16-23(3)29(9)24(4)17-32/h16-21,35H,12-15,22H2,1-11H3. The van der Waals surface area contributed by atoms with E-state index in [1.54, 1.807) is 5.56 Å². The molecule has 0 nitrogen and oxygen atoms in total. The van der Waals surface area contributed by atoms with Crippen molar-refractivity contribution in [1.29, 1.82) is 0 Å². The third kappa shape index (κ3) is 5.49. The molecular weight excluding hydrogens is 432 g/mol. The Hall–Kier alpha value is -2.34. The van der Waals surface area contributed by atoms with Crippen LogP contribution in [-0.2, 0) is 11.8 Å². The van der Waals surface area contributed by atoms with E-state index in [1.807, 2.05) is 0 Å². The van der Waals surface area contributed by atoms with Crippen molar-refractivity contribution in [3.8, 4) is 0 Å². The Labute approximate surface area is 222 Å². The zero-order valence-corrected chi connectivity index (χ0v) is 25.1. The molecule has 0 aliphatic carbocycles. The van der Waals surface area contributed by atoms with Gasteiger partial charge in [0.15, 0.2) is 0 Å². The normalized spacial score (nSPS) is 12.8. The molecule has 3 rings (SSSR count). The van der Waals surface area contributed by atoms with Crippen molar-refractivity contribution in [2.75, 3.05) is 0 Å². The molecule has 0 saturated carbocycles. The van der Waals surface area contributed by atoms with Gasteiger partial charge in [-0.3, -0.25) is 0 Å². The summed E-state index contributed by atoms with van der Waals surface area (Å²) in [6, 6.07) is 15.0. The fourth-order valence-electron chi connectivity index (χ4n) is 6.56. The molecule has 0 heterocycles. The van der Waals surface area contributed by atoms with E-state index in [2.05, 4.69) is 113 Å². The van der Waals surface area contributed by atoms with Crippen LogP contribution in [0.1, 0.15) is 112 Å². The van der Waals surface area contributed by atoms with Crippen LogP contribution < -0.4 is 0 Å². The Morgan fingerprint density at radius 3 is 1.28 bits per heavy atom. The highest BCUT2D eigenvalue weighted by Gasteiger charge is 2.40. The second kappa shape index (κ2) is 11.4. The maximum atomic E-state index is 2.53. The molecule has 0 aromatic heterocycles. The summed E-state index contributed by atoms with van der Waals surface area (Å²) < 4.78 is 0. The van der Waals surface area contributed by atoms with Crippen molar-refractivity contribution in [2.45, 2.75) is 120 Å². The van der Waals surface area contributed by atoms with Gasteiger partial charge < -0.3 is 0 Å². The highest BCUT2D eigenvalue weighted by Crippen LogP contribution is 2.49. The van der Waals surface area contributed by atoms with Crippen molar-refractivity contribution in [1.82, 2.24) is 0 Å². The van der Waals surface area contributed by atoms with Gasteiger partial charge in [-0.25, -0.2) is 0 Å². The molecular formula is C36H50. The monoisotopic (exact) mass is 482 g/mol. The van der Waals surface area contributed by atoms with Crippen molar-refractivity contribution in [2.24, 2.45) is 0 Å². The average Bonchev–Trinajstić information content (AvgIpc) is 2.82. The minimum atomic E-state index is 0.105. The van der Waals surface area contributed by atoms with E-state index >= 15 is 0 Å². The molecule has 3 aromatic carbocycles. The van der Waals surface area contributed by atoms with Gasteiger partial charge in [-0.15, -0.1) is 0 Å². The Bertz CT molecular complexity index is 1150. The van der Waals surface area contributed by atoms with E-state index in [9.17, 15) is 0 Å². The maximum absolute atomic E-state index is 2.53. The van der Waals surface area contributed by atoms with Crippen LogP contribution in [-0.4, -0.2) is 0 Å². The summed E-state index contributed by atoms with van der Waals surface area (Å²) in [5.74, 6) is 0.429. The van der Waals surface area contributed by atoms with Gasteiger partial charge in [-0.2, -0.15) is 0 Å². The predicted octanol–water partition coefficient (Wildman–Crippen LogP) is 10.3. The molecule has 0 aliphatic rings. The fraction of sp³-hybridized carbons (Fsp3) is 0.500. The topological polar surface area (TPSA) is 0 Å². The van der Waals surface area contributed by atoms with Crippen LogP contribution >= 0.6 is 0 Å². The molecule has 0 spiro atoms. The van der Waals surface area contributed by atoms with Crippen molar-refractivity contribution >= 4 is 0 Å². The number of aryl methyl sites for hydroxylation is 6. The zero-order chi connectivity index (χ0) is 26.8. The molecule has 194 valence electrons. The van der Waals surface area contributed by atoms with Gasteiger partial charge in [-0.1, -0.05) is 63.1 Å². The second-order valence-electron chi connectivity index (χ2n) is 11.8. The minimum Gasteiger partial charge on any atom is -0.0654 e. The maximum Gasteiger partial charge on any atom is 0.00248 e. The molecule has 0 amide bonds. The molecule has 0 radical (unpaired) electrons. The largest absolute Gasteiger partial charge is 0.0654 e. The first-order chi connectivity index (χ1) is 16.9. The van der Waals surface area contributed by atoms with Crippen LogP contribution in [0.4, 0.5) is 0 Å². The Morgan fingerprint density at radius 2 is 0.889 bits per heavy atom. The molecule has 1 unspecified atom stereocenters. The Morgan fingerprint density at radius 1 is 0.528 bits per heavy atom. The van der Waals surface area contributed by atoms with Crippen molar-refractivity contribution < 1.29 is 0 Å². The van der Waals surface area contributed by atoms with Crippen LogP contribution in [0, 0.1) is 62.3 Å². The van der Waals surface area contributed by atoms with Gasteiger partial charge in [0.05, 0.1) is 0 Å². The summed E-state index contributed by atoms with van der Waals surface area (Å²) in [6.07, 6.45) is 5.89. The van der Waals surface area contributed by atoms with Crippen LogP contribution in [0.3, 0.4) is 0 Å². The third-order valence-electron chi connectivity index (χ3n) is 9.34. The van der Waals surface area contributed by atoms with Gasteiger partial charge in [0.2, 0.25) is 0 Å². The molecule has 3 aromatic rings. The van der Waals surface area contributed by atoms with Gasteiger partial charge in [0.25, 0.3) is 0 Å². The van der Waals surface area contributed by atoms with Crippen molar-refractivity contribution in [3.05, 3.63) is 103 Å². The molecule has 1 atom stereocenters. The summed E-state index contributed by atoms with van der Waals surface area (Å²) in [4.78, 5) is 0. The fourth-order valence-corrected chi connectivity index (χ4v) is 6.56. The summed E-state index contributed by atoms with van der Waals surface area (Å²) in [6.45, 7) is 25.3. The first-order valence-electron chi connectivity index (χ1n) is 14.2.